The zero-order valence-electron chi connectivity index (χ0n) is 17.3. The summed E-state index contributed by atoms with van der Waals surface area (Å²) in [7, 11) is -3.64. The van der Waals surface area contributed by atoms with Crippen molar-refractivity contribution in [1.82, 2.24) is 14.2 Å². The lowest BCUT2D eigenvalue weighted by atomic mass is 10.0. The number of carbonyl (C=O) groups is 1. The van der Waals surface area contributed by atoms with Crippen molar-refractivity contribution in [2.24, 2.45) is 0 Å². The summed E-state index contributed by atoms with van der Waals surface area (Å²) < 4.78 is 30.2. The number of sulfonamides is 1. The third kappa shape index (κ3) is 4.21. The van der Waals surface area contributed by atoms with E-state index in [-0.39, 0.29) is 5.91 Å². The Labute approximate surface area is 203 Å². The molecule has 0 N–H and O–H groups in total. The van der Waals surface area contributed by atoms with Crippen LogP contribution < -0.4 is 4.90 Å². The van der Waals surface area contributed by atoms with E-state index in [2.05, 4.69) is 26.9 Å². The van der Waals surface area contributed by atoms with Gasteiger partial charge in [0.2, 0.25) is 5.91 Å². The summed E-state index contributed by atoms with van der Waals surface area (Å²) in [6.07, 6.45) is 2.24. The number of rotatable bonds is 4. The lowest BCUT2D eigenvalue weighted by Crippen LogP contribution is -2.57. The molecule has 5 rings (SSSR count). The molecule has 0 bridgehead atoms. The van der Waals surface area contributed by atoms with Gasteiger partial charge in [0.15, 0.2) is 5.13 Å². The highest BCUT2D eigenvalue weighted by molar-refractivity contribution is 9.10. The molecular weight excluding hydrogens is 532 g/mol. The van der Waals surface area contributed by atoms with Crippen LogP contribution in [0.4, 0.5) is 5.13 Å². The van der Waals surface area contributed by atoms with Crippen LogP contribution in [0.2, 0.25) is 0 Å². The van der Waals surface area contributed by atoms with Crippen LogP contribution in [0.1, 0.15) is 19.3 Å². The Bertz CT molecular complexity index is 1220. The minimum Gasteiger partial charge on any atom is -0.345 e. The number of piperidine rings is 1. The van der Waals surface area contributed by atoms with E-state index >= 15 is 0 Å². The molecule has 2 fully saturated rings. The highest BCUT2D eigenvalue weighted by Crippen LogP contribution is 2.32. The highest BCUT2D eigenvalue weighted by atomic mass is 79.9. The maximum absolute atomic E-state index is 13.4. The number of aromatic nitrogens is 1. The molecule has 2 saturated heterocycles. The van der Waals surface area contributed by atoms with E-state index in [0.717, 1.165) is 32.7 Å². The van der Waals surface area contributed by atoms with Crippen LogP contribution in [0.25, 0.3) is 10.2 Å². The summed E-state index contributed by atoms with van der Waals surface area (Å²) in [6.45, 7) is 2.93. The number of amides is 1. The van der Waals surface area contributed by atoms with E-state index in [1.165, 1.54) is 15.6 Å². The van der Waals surface area contributed by atoms with Crippen molar-refractivity contribution >= 4 is 69.9 Å². The van der Waals surface area contributed by atoms with Crippen molar-refractivity contribution in [3.8, 4) is 0 Å². The van der Waals surface area contributed by atoms with Gasteiger partial charge in [-0.25, -0.2) is 13.4 Å². The first-order valence-electron chi connectivity index (χ1n) is 10.6. The summed E-state index contributed by atoms with van der Waals surface area (Å²) in [4.78, 5) is 22.2. The molecule has 3 aromatic rings. The number of nitrogens with zero attached hydrogens (tertiary/aromatic N) is 4. The summed E-state index contributed by atoms with van der Waals surface area (Å²) in [5, 5.41) is 2.72. The van der Waals surface area contributed by atoms with Crippen LogP contribution >= 0.6 is 38.6 Å². The Balaban J connectivity index is 1.28. The van der Waals surface area contributed by atoms with Crippen LogP contribution in [-0.4, -0.2) is 67.3 Å². The molecule has 0 saturated carbocycles. The van der Waals surface area contributed by atoms with Crippen molar-refractivity contribution in [2.45, 2.75) is 29.5 Å². The van der Waals surface area contributed by atoms with Gasteiger partial charge in [0.1, 0.15) is 10.3 Å². The van der Waals surface area contributed by atoms with E-state index in [1.807, 2.05) is 17.0 Å². The first-order valence-corrected chi connectivity index (χ1v) is 14.5. The van der Waals surface area contributed by atoms with Gasteiger partial charge in [-0.15, -0.1) is 11.3 Å². The van der Waals surface area contributed by atoms with Crippen LogP contribution in [0.15, 0.2) is 44.4 Å². The number of benzene rings is 1. The fourth-order valence-corrected chi connectivity index (χ4v) is 8.66. The van der Waals surface area contributed by atoms with Crippen LogP contribution in [0.5, 0.6) is 0 Å². The van der Waals surface area contributed by atoms with Gasteiger partial charge in [0, 0.05) is 37.2 Å². The molecular formula is C21H23BrN4O3S3. The monoisotopic (exact) mass is 554 g/mol. The van der Waals surface area contributed by atoms with Gasteiger partial charge in [-0.1, -0.05) is 39.8 Å². The van der Waals surface area contributed by atoms with Crippen molar-refractivity contribution in [2.75, 3.05) is 37.6 Å². The molecule has 0 radical (unpaired) electrons. The second-order valence-corrected chi connectivity index (χ2v) is 13.0. The Morgan fingerprint density at radius 1 is 1.09 bits per heavy atom. The number of thiazole rings is 1. The Hall–Kier alpha value is -1.53. The van der Waals surface area contributed by atoms with E-state index in [1.54, 1.807) is 28.8 Å². The first-order chi connectivity index (χ1) is 15.4. The minimum atomic E-state index is -3.64. The third-order valence-corrected chi connectivity index (χ3v) is 10.9. The van der Waals surface area contributed by atoms with E-state index in [9.17, 15) is 13.2 Å². The smallest absolute Gasteiger partial charge is 0.253 e. The van der Waals surface area contributed by atoms with E-state index in [4.69, 9.17) is 4.98 Å². The van der Waals surface area contributed by atoms with Gasteiger partial charge in [-0.05, 0) is 42.5 Å². The normalized spacial score (nSPS) is 20.7. The molecule has 0 aliphatic carbocycles. The predicted molar refractivity (Wildman–Crippen MR) is 132 cm³/mol. The predicted octanol–water partition coefficient (Wildman–Crippen LogP) is 4.01. The molecule has 2 aliphatic rings. The number of thiophene rings is 1. The van der Waals surface area contributed by atoms with Gasteiger partial charge in [-0.3, -0.25) is 4.79 Å². The molecule has 1 aromatic carbocycles. The van der Waals surface area contributed by atoms with Gasteiger partial charge >= 0.3 is 0 Å². The topological polar surface area (TPSA) is 73.8 Å². The molecule has 2 aliphatic heterocycles. The second-order valence-electron chi connectivity index (χ2n) is 7.98. The summed E-state index contributed by atoms with van der Waals surface area (Å²) in [5.41, 5.74) is 0.975. The summed E-state index contributed by atoms with van der Waals surface area (Å²) >= 11 is 6.36. The SMILES string of the molecule is O=C(C1CCCCN1S(=O)(=O)c1cccs1)N1CCN(c2nc3ccc(Br)cc3s2)CC1. The lowest BCUT2D eigenvalue weighted by Gasteiger charge is -2.40. The van der Waals surface area contributed by atoms with Gasteiger partial charge in [0.05, 0.1) is 10.2 Å². The number of hydrogen-bond acceptors (Lipinski definition) is 7. The summed E-state index contributed by atoms with van der Waals surface area (Å²) in [6, 6.07) is 8.81. The molecule has 1 unspecified atom stereocenters. The maximum Gasteiger partial charge on any atom is 0.253 e. The molecule has 7 nitrogen and oxygen atoms in total. The average molecular weight is 556 g/mol. The van der Waals surface area contributed by atoms with Gasteiger partial charge in [-0.2, -0.15) is 4.31 Å². The molecule has 11 heteroatoms. The number of fused-ring (bicyclic) bond motifs is 1. The van der Waals surface area contributed by atoms with Crippen LogP contribution in [0, 0.1) is 0 Å². The van der Waals surface area contributed by atoms with E-state index in [0.29, 0.717) is 43.4 Å². The fourth-order valence-electron chi connectivity index (χ4n) is 4.32. The van der Waals surface area contributed by atoms with E-state index < -0.39 is 16.1 Å². The second kappa shape index (κ2) is 9.02. The van der Waals surface area contributed by atoms with Crippen molar-refractivity contribution in [3.63, 3.8) is 0 Å². The Morgan fingerprint density at radius 2 is 1.91 bits per heavy atom. The Morgan fingerprint density at radius 3 is 2.66 bits per heavy atom. The first kappa shape index (κ1) is 22.3. The number of piperazine rings is 1. The quantitative estimate of drug-likeness (QED) is 0.487. The fraction of sp³-hybridized carbons (Fsp3) is 0.429. The summed E-state index contributed by atoms with van der Waals surface area (Å²) in [5.74, 6) is -0.0716. The van der Waals surface area contributed by atoms with Crippen LogP contribution in [-0.2, 0) is 14.8 Å². The average Bonchev–Trinajstić information content (AvgIpc) is 3.49. The zero-order chi connectivity index (χ0) is 22.3. The standard InChI is InChI=1S/C21H23BrN4O3S3/c22-15-6-7-16-18(14-15)31-21(23-16)25-11-9-24(10-12-25)20(27)17-4-1-2-8-26(17)32(28,29)19-5-3-13-30-19/h3,5-7,13-14,17H,1-2,4,8-12H2. The van der Waals surface area contributed by atoms with Crippen LogP contribution in [0.3, 0.4) is 0 Å². The molecule has 2 aromatic heterocycles. The number of carbonyl (C=O) groups excluding carboxylic acids is 1. The lowest BCUT2D eigenvalue weighted by molar-refractivity contribution is -0.136. The molecule has 4 heterocycles. The zero-order valence-corrected chi connectivity index (χ0v) is 21.4. The largest absolute Gasteiger partial charge is 0.345 e. The highest BCUT2D eigenvalue weighted by Gasteiger charge is 2.40. The van der Waals surface area contributed by atoms with Crippen molar-refractivity contribution < 1.29 is 13.2 Å². The van der Waals surface area contributed by atoms with Gasteiger partial charge < -0.3 is 9.80 Å². The Kier molecular flexibility index (Phi) is 6.28. The minimum absolute atomic E-state index is 0.0716. The number of halogens is 1. The van der Waals surface area contributed by atoms with Gasteiger partial charge in [0.25, 0.3) is 10.0 Å². The molecule has 1 atom stereocenters. The maximum atomic E-state index is 13.4. The molecule has 1 amide bonds. The molecule has 32 heavy (non-hydrogen) atoms. The number of hydrogen-bond donors (Lipinski definition) is 0. The van der Waals surface area contributed by atoms with Crippen molar-refractivity contribution in [1.29, 1.82) is 0 Å². The third-order valence-electron chi connectivity index (χ3n) is 6.00. The van der Waals surface area contributed by atoms with Crippen molar-refractivity contribution in [3.05, 3.63) is 40.2 Å². The molecule has 170 valence electrons. The molecule has 0 spiro atoms. The number of anilines is 1.